The third kappa shape index (κ3) is 4.39. The number of aromatic nitrogens is 4. The summed E-state index contributed by atoms with van der Waals surface area (Å²) in [5, 5.41) is 17.8. The molecule has 5 rings (SSSR count). The fourth-order valence-corrected chi connectivity index (χ4v) is 4.49. The van der Waals surface area contributed by atoms with Crippen LogP contribution in [0, 0.1) is 13.8 Å². The number of carbonyl (C=O) groups is 1. The molecule has 1 fully saturated rings. The van der Waals surface area contributed by atoms with Crippen molar-refractivity contribution in [3.05, 3.63) is 59.4 Å². The number of aryl methyl sites for hydroxylation is 1. The highest BCUT2D eigenvalue weighted by molar-refractivity contribution is 6.00. The lowest BCUT2D eigenvalue weighted by molar-refractivity contribution is -0.138. The molecule has 4 aromatic rings. The van der Waals surface area contributed by atoms with E-state index >= 15 is 0 Å². The van der Waals surface area contributed by atoms with Gasteiger partial charge in [-0.15, -0.1) is 15.3 Å². The molecule has 11 heteroatoms. The molecule has 8 nitrogen and oxygen atoms in total. The van der Waals surface area contributed by atoms with Crippen molar-refractivity contribution in [2.75, 3.05) is 42.9 Å². The van der Waals surface area contributed by atoms with Crippen molar-refractivity contribution in [1.29, 1.82) is 0 Å². The molecule has 3 heterocycles. The Bertz CT molecular complexity index is 1410. The maximum atomic E-state index is 13.2. The van der Waals surface area contributed by atoms with E-state index in [0.29, 0.717) is 37.7 Å². The molecule has 1 amide bonds. The molecule has 1 aliphatic heterocycles. The first-order valence-corrected chi connectivity index (χ1v) is 11.3. The number of rotatable bonds is 4. The summed E-state index contributed by atoms with van der Waals surface area (Å²) in [5.74, 6) is 1.19. The molecule has 1 N–H and O–H groups in total. The van der Waals surface area contributed by atoms with Crippen molar-refractivity contribution in [1.82, 2.24) is 24.7 Å². The second-order valence-corrected chi connectivity index (χ2v) is 8.64. The third-order valence-corrected chi connectivity index (χ3v) is 6.35. The van der Waals surface area contributed by atoms with Crippen molar-refractivity contribution in [3.63, 3.8) is 0 Å². The van der Waals surface area contributed by atoms with E-state index in [1.54, 1.807) is 4.52 Å². The molecule has 0 aliphatic carbocycles. The lowest BCUT2D eigenvalue weighted by Crippen LogP contribution is -2.49. The Hall–Kier alpha value is -3.73. The molecular formula is C24H24F3N7O. The molecule has 0 atom stereocenters. The number of benzene rings is 2. The summed E-state index contributed by atoms with van der Waals surface area (Å²) in [5.41, 5.74) is 0.151. The predicted octanol–water partition coefficient (Wildman–Crippen LogP) is 3.67. The van der Waals surface area contributed by atoms with Crippen LogP contribution in [0.5, 0.6) is 0 Å². The van der Waals surface area contributed by atoms with Gasteiger partial charge in [0.15, 0.2) is 17.3 Å². The minimum atomic E-state index is -4.46. The van der Waals surface area contributed by atoms with E-state index in [0.717, 1.165) is 22.7 Å². The topological polar surface area (TPSA) is 78.7 Å². The van der Waals surface area contributed by atoms with Crippen molar-refractivity contribution >= 4 is 33.8 Å². The summed E-state index contributed by atoms with van der Waals surface area (Å²) in [4.78, 5) is 16.8. The summed E-state index contributed by atoms with van der Waals surface area (Å²) in [6, 6.07) is 11.7. The predicted molar refractivity (Wildman–Crippen MR) is 126 cm³/mol. The monoisotopic (exact) mass is 483 g/mol. The second kappa shape index (κ2) is 8.81. The number of hydrogen-bond acceptors (Lipinski definition) is 6. The molecule has 2 aromatic heterocycles. The van der Waals surface area contributed by atoms with E-state index in [4.69, 9.17) is 5.10 Å². The third-order valence-electron chi connectivity index (χ3n) is 6.35. The molecular weight excluding hydrogens is 459 g/mol. The zero-order chi connectivity index (χ0) is 24.7. The summed E-state index contributed by atoms with van der Waals surface area (Å²) >= 11 is 0. The van der Waals surface area contributed by atoms with Crippen LogP contribution >= 0.6 is 0 Å². The highest BCUT2D eigenvalue weighted by atomic mass is 19.4. The van der Waals surface area contributed by atoms with Gasteiger partial charge in [0.25, 0.3) is 0 Å². The number of alkyl halides is 3. The Morgan fingerprint density at radius 2 is 1.69 bits per heavy atom. The molecule has 0 saturated carbocycles. The van der Waals surface area contributed by atoms with Gasteiger partial charge in [0.1, 0.15) is 0 Å². The summed E-state index contributed by atoms with van der Waals surface area (Å²) < 4.78 is 41.2. The van der Waals surface area contributed by atoms with Gasteiger partial charge >= 0.3 is 6.18 Å². The number of nitrogens with one attached hydrogen (secondary N) is 1. The minimum Gasteiger partial charge on any atom is -0.352 e. The zero-order valence-corrected chi connectivity index (χ0v) is 19.3. The molecule has 1 aliphatic rings. The van der Waals surface area contributed by atoms with Gasteiger partial charge in [-0.2, -0.15) is 17.7 Å². The van der Waals surface area contributed by atoms with Crippen LogP contribution in [0.15, 0.2) is 42.5 Å². The number of hydrogen-bond donors (Lipinski definition) is 1. The van der Waals surface area contributed by atoms with E-state index in [1.165, 1.54) is 19.1 Å². The van der Waals surface area contributed by atoms with E-state index in [-0.39, 0.29) is 23.7 Å². The zero-order valence-electron chi connectivity index (χ0n) is 19.3. The molecule has 0 radical (unpaired) electrons. The Labute approximate surface area is 199 Å². The standard InChI is InChI=1S/C24H24F3N7O/c1-15-19(24(25,26)27)8-5-9-20(15)28-21(35)14-32-10-12-33(13-11-32)23-18-7-4-3-6-17(18)22-30-29-16(2)34(22)31-23/h3-9H,10-14H2,1-2H3,(H,28,35). The first-order chi connectivity index (χ1) is 16.7. The number of fused-ring (bicyclic) bond motifs is 3. The molecule has 1 saturated heterocycles. The number of anilines is 2. The van der Waals surface area contributed by atoms with Gasteiger partial charge in [0.2, 0.25) is 5.91 Å². The van der Waals surface area contributed by atoms with Gasteiger partial charge in [-0.25, -0.2) is 0 Å². The quantitative estimate of drug-likeness (QED) is 0.477. The first kappa shape index (κ1) is 23.0. The summed E-state index contributed by atoms with van der Waals surface area (Å²) in [6.07, 6.45) is -4.46. The molecule has 0 bridgehead atoms. The van der Waals surface area contributed by atoms with Crippen LogP contribution in [0.3, 0.4) is 0 Å². The first-order valence-electron chi connectivity index (χ1n) is 11.3. The maximum Gasteiger partial charge on any atom is 0.416 e. The highest BCUT2D eigenvalue weighted by Gasteiger charge is 2.33. The molecule has 2 aromatic carbocycles. The molecule has 0 unspecified atom stereocenters. The average molecular weight is 483 g/mol. The highest BCUT2D eigenvalue weighted by Crippen LogP contribution is 2.34. The van der Waals surface area contributed by atoms with Crippen LogP contribution < -0.4 is 10.2 Å². The Morgan fingerprint density at radius 1 is 0.971 bits per heavy atom. The fraction of sp³-hybridized carbons (Fsp3) is 0.333. The van der Waals surface area contributed by atoms with Crippen molar-refractivity contribution in [3.8, 4) is 0 Å². The van der Waals surface area contributed by atoms with E-state index in [9.17, 15) is 18.0 Å². The van der Waals surface area contributed by atoms with E-state index < -0.39 is 11.7 Å². The minimum absolute atomic E-state index is 0.01000. The SMILES string of the molecule is Cc1c(NC(=O)CN2CCN(c3nn4c(C)nnc4c4ccccc34)CC2)cccc1C(F)(F)F. The number of amides is 1. The van der Waals surface area contributed by atoms with Gasteiger partial charge in [-0.3, -0.25) is 9.69 Å². The summed E-state index contributed by atoms with van der Waals surface area (Å²) in [6.45, 7) is 5.85. The lowest BCUT2D eigenvalue weighted by Gasteiger charge is -2.35. The van der Waals surface area contributed by atoms with E-state index in [2.05, 4.69) is 20.4 Å². The van der Waals surface area contributed by atoms with Crippen molar-refractivity contribution in [2.24, 2.45) is 0 Å². The van der Waals surface area contributed by atoms with Crippen LogP contribution in [0.25, 0.3) is 16.4 Å². The van der Waals surface area contributed by atoms with Gasteiger partial charge in [-0.05, 0) is 31.5 Å². The van der Waals surface area contributed by atoms with Gasteiger partial charge in [0.05, 0.1) is 12.1 Å². The van der Waals surface area contributed by atoms with Crippen LogP contribution in [-0.4, -0.2) is 63.3 Å². The van der Waals surface area contributed by atoms with Crippen LogP contribution in [0.2, 0.25) is 0 Å². The number of carbonyl (C=O) groups excluding carboxylic acids is 1. The van der Waals surface area contributed by atoms with Gasteiger partial charge in [-0.1, -0.05) is 30.3 Å². The Kier molecular flexibility index (Phi) is 5.79. The maximum absolute atomic E-state index is 13.2. The second-order valence-electron chi connectivity index (χ2n) is 8.64. The smallest absolute Gasteiger partial charge is 0.352 e. The van der Waals surface area contributed by atoms with Crippen molar-refractivity contribution < 1.29 is 18.0 Å². The molecule has 0 spiro atoms. The van der Waals surface area contributed by atoms with Gasteiger partial charge < -0.3 is 10.2 Å². The lowest BCUT2D eigenvalue weighted by atomic mass is 10.1. The van der Waals surface area contributed by atoms with Crippen LogP contribution in [0.1, 0.15) is 17.0 Å². The Balaban J connectivity index is 1.27. The average Bonchev–Trinajstić information content (AvgIpc) is 3.20. The number of piperazine rings is 1. The van der Waals surface area contributed by atoms with E-state index in [1.807, 2.05) is 36.1 Å². The number of nitrogens with zero attached hydrogens (tertiary/aromatic N) is 6. The number of halogens is 3. The molecule has 182 valence electrons. The van der Waals surface area contributed by atoms with Crippen LogP contribution in [-0.2, 0) is 11.0 Å². The normalized spacial score (nSPS) is 15.2. The van der Waals surface area contributed by atoms with Crippen LogP contribution in [0.4, 0.5) is 24.7 Å². The van der Waals surface area contributed by atoms with Crippen molar-refractivity contribution in [2.45, 2.75) is 20.0 Å². The van der Waals surface area contributed by atoms with Gasteiger partial charge in [0, 0.05) is 42.6 Å². The largest absolute Gasteiger partial charge is 0.416 e. The molecule has 35 heavy (non-hydrogen) atoms. The summed E-state index contributed by atoms with van der Waals surface area (Å²) in [7, 11) is 0. The fourth-order valence-electron chi connectivity index (χ4n) is 4.49. The Morgan fingerprint density at radius 3 is 2.40 bits per heavy atom.